The van der Waals surface area contributed by atoms with Crippen LogP contribution in [0.25, 0.3) is 0 Å². The predicted octanol–water partition coefficient (Wildman–Crippen LogP) is 2.72. The molecule has 0 amide bonds. The van der Waals surface area contributed by atoms with E-state index in [4.69, 9.17) is 0 Å². The van der Waals surface area contributed by atoms with E-state index in [1.54, 1.807) is 13.4 Å². The summed E-state index contributed by atoms with van der Waals surface area (Å²) in [5.74, 6) is 2.29. The van der Waals surface area contributed by atoms with Crippen molar-refractivity contribution in [1.82, 2.24) is 25.4 Å². The minimum absolute atomic E-state index is 0.587. The van der Waals surface area contributed by atoms with Crippen LogP contribution in [0.2, 0.25) is 0 Å². The minimum atomic E-state index is 0.587. The maximum absolute atomic E-state index is 4.26. The molecule has 0 bridgehead atoms. The molecule has 1 aromatic heterocycles. The standard InChI is InChI=1S/C19H30N6/c1-5-25-14-23-24-18(25)13-22-19(20-4)21-12-6-7-16-8-10-17(11-9-16)15(2)3/h8-11,14-15H,5-7,12-13H2,1-4H3,(H2,20,21,22). The summed E-state index contributed by atoms with van der Waals surface area (Å²) in [5.41, 5.74) is 2.77. The molecule has 0 aliphatic carbocycles. The SMILES string of the molecule is CCn1cnnc1CNC(=NC)NCCCc1ccc(C(C)C)cc1. The Morgan fingerprint density at radius 2 is 1.96 bits per heavy atom. The van der Waals surface area contributed by atoms with E-state index in [0.717, 1.165) is 37.7 Å². The average molecular weight is 342 g/mol. The molecule has 25 heavy (non-hydrogen) atoms. The van der Waals surface area contributed by atoms with E-state index < -0.39 is 0 Å². The molecule has 0 saturated carbocycles. The second kappa shape index (κ2) is 9.81. The van der Waals surface area contributed by atoms with Crippen LogP contribution in [0.5, 0.6) is 0 Å². The van der Waals surface area contributed by atoms with Gasteiger partial charge >= 0.3 is 0 Å². The second-order valence-corrected chi connectivity index (χ2v) is 6.39. The quantitative estimate of drug-likeness (QED) is 0.440. The predicted molar refractivity (Wildman–Crippen MR) is 103 cm³/mol. The minimum Gasteiger partial charge on any atom is -0.356 e. The summed E-state index contributed by atoms with van der Waals surface area (Å²) in [7, 11) is 1.78. The number of hydrogen-bond acceptors (Lipinski definition) is 3. The lowest BCUT2D eigenvalue weighted by Crippen LogP contribution is -2.38. The molecule has 0 aliphatic rings. The van der Waals surface area contributed by atoms with Gasteiger partial charge in [0.05, 0.1) is 6.54 Å². The number of aromatic nitrogens is 3. The van der Waals surface area contributed by atoms with Gasteiger partial charge in [-0.3, -0.25) is 4.99 Å². The Kier molecular flexibility index (Phi) is 7.44. The lowest BCUT2D eigenvalue weighted by atomic mass is 10.0. The summed E-state index contributed by atoms with van der Waals surface area (Å²) < 4.78 is 2.01. The maximum Gasteiger partial charge on any atom is 0.191 e. The highest BCUT2D eigenvalue weighted by Crippen LogP contribution is 2.15. The number of aryl methyl sites for hydroxylation is 2. The van der Waals surface area contributed by atoms with E-state index in [1.807, 2.05) is 4.57 Å². The van der Waals surface area contributed by atoms with Crippen molar-refractivity contribution in [2.45, 2.75) is 52.6 Å². The van der Waals surface area contributed by atoms with E-state index in [0.29, 0.717) is 12.5 Å². The molecule has 0 saturated heterocycles. The van der Waals surface area contributed by atoms with Crippen LogP contribution in [0.4, 0.5) is 0 Å². The summed E-state index contributed by atoms with van der Waals surface area (Å²) in [6, 6.07) is 8.94. The number of rotatable bonds is 8. The van der Waals surface area contributed by atoms with Crippen LogP contribution in [0.1, 0.15) is 50.1 Å². The van der Waals surface area contributed by atoms with Gasteiger partial charge in [0.15, 0.2) is 11.8 Å². The van der Waals surface area contributed by atoms with Gasteiger partial charge in [0, 0.05) is 20.1 Å². The van der Waals surface area contributed by atoms with Crippen LogP contribution in [0.15, 0.2) is 35.6 Å². The van der Waals surface area contributed by atoms with Crippen LogP contribution < -0.4 is 10.6 Å². The van der Waals surface area contributed by atoms with Gasteiger partial charge in [-0.15, -0.1) is 10.2 Å². The highest BCUT2D eigenvalue weighted by Gasteiger charge is 2.04. The molecular weight excluding hydrogens is 312 g/mol. The van der Waals surface area contributed by atoms with Crippen LogP contribution >= 0.6 is 0 Å². The Bertz CT molecular complexity index is 657. The third-order valence-electron chi connectivity index (χ3n) is 4.26. The van der Waals surface area contributed by atoms with Crippen molar-refractivity contribution in [3.05, 3.63) is 47.5 Å². The van der Waals surface area contributed by atoms with Gasteiger partial charge in [-0.25, -0.2) is 0 Å². The molecule has 0 radical (unpaired) electrons. The molecule has 1 heterocycles. The van der Waals surface area contributed by atoms with E-state index in [1.165, 1.54) is 11.1 Å². The van der Waals surface area contributed by atoms with Gasteiger partial charge in [0.1, 0.15) is 6.33 Å². The fourth-order valence-electron chi connectivity index (χ4n) is 2.63. The molecule has 0 unspecified atom stereocenters. The highest BCUT2D eigenvalue weighted by atomic mass is 15.3. The van der Waals surface area contributed by atoms with Crippen molar-refractivity contribution in [3.8, 4) is 0 Å². The molecule has 0 aliphatic heterocycles. The Balaban J connectivity index is 1.70. The molecule has 0 fully saturated rings. The average Bonchev–Trinajstić information content (AvgIpc) is 3.09. The molecule has 2 rings (SSSR count). The number of guanidine groups is 1. The first-order valence-corrected chi connectivity index (χ1v) is 9.04. The van der Waals surface area contributed by atoms with Crippen molar-refractivity contribution in [3.63, 3.8) is 0 Å². The Morgan fingerprint density at radius 1 is 1.20 bits per heavy atom. The number of aliphatic imine (C=N–C) groups is 1. The van der Waals surface area contributed by atoms with Crippen molar-refractivity contribution in [1.29, 1.82) is 0 Å². The number of nitrogens with zero attached hydrogens (tertiary/aromatic N) is 4. The molecule has 136 valence electrons. The lowest BCUT2D eigenvalue weighted by Gasteiger charge is -2.12. The van der Waals surface area contributed by atoms with E-state index >= 15 is 0 Å². The normalized spacial score (nSPS) is 11.8. The van der Waals surface area contributed by atoms with Crippen molar-refractivity contribution >= 4 is 5.96 Å². The molecule has 2 N–H and O–H groups in total. The molecule has 0 atom stereocenters. The Morgan fingerprint density at radius 3 is 2.60 bits per heavy atom. The smallest absolute Gasteiger partial charge is 0.191 e. The zero-order chi connectivity index (χ0) is 18.1. The fraction of sp³-hybridized carbons (Fsp3) is 0.526. The fourth-order valence-corrected chi connectivity index (χ4v) is 2.63. The van der Waals surface area contributed by atoms with E-state index in [2.05, 4.69) is 70.9 Å². The molecule has 0 spiro atoms. The van der Waals surface area contributed by atoms with Gasteiger partial charge in [0.25, 0.3) is 0 Å². The first-order valence-electron chi connectivity index (χ1n) is 9.04. The van der Waals surface area contributed by atoms with Gasteiger partial charge in [0.2, 0.25) is 0 Å². The topological polar surface area (TPSA) is 67.1 Å². The first-order chi connectivity index (χ1) is 12.1. The van der Waals surface area contributed by atoms with Gasteiger partial charge in [-0.2, -0.15) is 0 Å². The van der Waals surface area contributed by atoms with Crippen LogP contribution in [-0.2, 0) is 19.5 Å². The van der Waals surface area contributed by atoms with Gasteiger partial charge in [-0.05, 0) is 36.8 Å². The molecule has 1 aromatic carbocycles. The number of benzene rings is 1. The van der Waals surface area contributed by atoms with Gasteiger partial charge in [-0.1, -0.05) is 38.1 Å². The van der Waals surface area contributed by atoms with Crippen LogP contribution in [-0.4, -0.2) is 34.3 Å². The zero-order valence-electron chi connectivity index (χ0n) is 15.8. The van der Waals surface area contributed by atoms with E-state index in [-0.39, 0.29) is 0 Å². The molecular formula is C19H30N6. The summed E-state index contributed by atoms with van der Waals surface area (Å²) in [6.07, 6.45) is 3.87. The summed E-state index contributed by atoms with van der Waals surface area (Å²) in [6.45, 7) is 8.89. The Hall–Kier alpha value is -2.37. The zero-order valence-corrected chi connectivity index (χ0v) is 15.8. The molecule has 6 nitrogen and oxygen atoms in total. The summed E-state index contributed by atoms with van der Waals surface area (Å²) in [4.78, 5) is 4.26. The van der Waals surface area contributed by atoms with Crippen LogP contribution in [0.3, 0.4) is 0 Å². The lowest BCUT2D eigenvalue weighted by molar-refractivity contribution is 0.666. The van der Waals surface area contributed by atoms with Crippen LogP contribution in [0, 0.1) is 0 Å². The highest BCUT2D eigenvalue weighted by molar-refractivity contribution is 5.79. The third kappa shape index (κ3) is 5.89. The van der Waals surface area contributed by atoms with E-state index in [9.17, 15) is 0 Å². The second-order valence-electron chi connectivity index (χ2n) is 6.39. The molecule has 6 heteroatoms. The number of nitrogens with one attached hydrogen (secondary N) is 2. The Labute approximate surface area is 150 Å². The number of hydrogen-bond donors (Lipinski definition) is 2. The van der Waals surface area contributed by atoms with Crippen molar-refractivity contribution < 1.29 is 0 Å². The maximum atomic E-state index is 4.26. The van der Waals surface area contributed by atoms with Gasteiger partial charge < -0.3 is 15.2 Å². The van der Waals surface area contributed by atoms with Crippen molar-refractivity contribution in [2.24, 2.45) is 4.99 Å². The summed E-state index contributed by atoms with van der Waals surface area (Å²) >= 11 is 0. The van der Waals surface area contributed by atoms with Crippen molar-refractivity contribution in [2.75, 3.05) is 13.6 Å². The summed E-state index contributed by atoms with van der Waals surface area (Å²) in [5, 5.41) is 14.7. The largest absolute Gasteiger partial charge is 0.356 e. The third-order valence-corrected chi connectivity index (χ3v) is 4.26. The molecule has 2 aromatic rings. The first kappa shape index (κ1) is 19.0. The monoisotopic (exact) mass is 342 g/mol.